The Bertz CT molecular complexity index is 1010. The standard InChI is InChI=1S/C20H27F2N5O4S/c1-20(2,11-21)27-19(28)31-14-4-3-12(7-14)13-9-24-18(25-10-13)26-17-6-5-15(8-16(17)22)32(23,29)30/h5,8-10,12,14,17H,3-4,6-7,11H2,1-2H3,(H,27,28)(H2,23,29,30)(H,24,25,26)/t12-,14+,17?/m1/s1. The van der Waals surface area contributed by atoms with E-state index in [1.54, 1.807) is 26.2 Å². The Morgan fingerprint density at radius 2 is 2.00 bits per heavy atom. The second kappa shape index (κ2) is 9.49. The van der Waals surface area contributed by atoms with Crippen LogP contribution in [-0.4, -0.2) is 48.8 Å². The molecule has 9 nitrogen and oxygen atoms in total. The summed E-state index contributed by atoms with van der Waals surface area (Å²) in [4.78, 5) is 20.1. The number of alkyl carbamates (subject to hydrolysis) is 1. The zero-order valence-corrected chi connectivity index (χ0v) is 18.7. The molecule has 0 bridgehead atoms. The minimum absolute atomic E-state index is 0.0854. The van der Waals surface area contributed by atoms with E-state index in [0.29, 0.717) is 12.8 Å². The number of aromatic nitrogens is 2. The highest BCUT2D eigenvalue weighted by Gasteiger charge is 2.31. The van der Waals surface area contributed by atoms with Crippen molar-refractivity contribution in [3.05, 3.63) is 40.8 Å². The number of carbonyl (C=O) groups is 1. The van der Waals surface area contributed by atoms with Crippen LogP contribution in [0.2, 0.25) is 0 Å². The zero-order valence-electron chi connectivity index (χ0n) is 17.8. The van der Waals surface area contributed by atoms with Crippen molar-refractivity contribution in [3.8, 4) is 0 Å². The average Bonchev–Trinajstić information content (AvgIpc) is 3.17. The topological polar surface area (TPSA) is 136 Å². The SMILES string of the molecule is CC(C)(CF)NC(=O)O[C@H]1CC[C@@H](c2cnc(NC3CC=C(S(N)(=O)=O)C=C3F)nc2)C1. The molecular formula is C20H27F2N5O4S. The number of ether oxygens (including phenoxy) is 1. The molecule has 12 heteroatoms. The van der Waals surface area contributed by atoms with Crippen molar-refractivity contribution in [2.45, 2.75) is 63.1 Å². The fourth-order valence-electron chi connectivity index (χ4n) is 3.59. The van der Waals surface area contributed by atoms with Crippen molar-refractivity contribution in [2.75, 3.05) is 12.0 Å². The van der Waals surface area contributed by atoms with Crippen LogP contribution >= 0.6 is 0 Å². The second-order valence-electron chi connectivity index (χ2n) is 8.63. The van der Waals surface area contributed by atoms with Crippen LogP contribution in [0.1, 0.15) is 51.0 Å². The lowest BCUT2D eigenvalue weighted by molar-refractivity contribution is 0.0900. The quantitative estimate of drug-likeness (QED) is 0.556. The summed E-state index contributed by atoms with van der Waals surface area (Å²) in [5.41, 5.74) is -0.114. The van der Waals surface area contributed by atoms with Crippen LogP contribution in [0.25, 0.3) is 0 Å². The van der Waals surface area contributed by atoms with Crippen LogP contribution in [0.15, 0.2) is 35.3 Å². The minimum atomic E-state index is -3.96. The number of hydrogen-bond acceptors (Lipinski definition) is 7. The van der Waals surface area contributed by atoms with Gasteiger partial charge in [0.05, 0.1) is 16.5 Å². The molecule has 32 heavy (non-hydrogen) atoms. The third-order valence-corrected chi connectivity index (χ3v) is 6.32. The van der Waals surface area contributed by atoms with E-state index in [9.17, 15) is 22.0 Å². The van der Waals surface area contributed by atoms with Gasteiger partial charge in [-0.2, -0.15) is 0 Å². The normalized spacial score (nSPS) is 23.8. The van der Waals surface area contributed by atoms with Crippen LogP contribution in [0.5, 0.6) is 0 Å². The third-order valence-electron chi connectivity index (χ3n) is 5.38. The lowest BCUT2D eigenvalue weighted by atomic mass is 10.0. The van der Waals surface area contributed by atoms with Gasteiger partial charge in [0.25, 0.3) is 0 Å². The molecule has 1 heterocycles. The molecule has 1 unspecified atom stereocenters. The van der Waals surface area contributed by atoms with E-state index in [0.717, 1.165) is 18.1 Å². The average molecular weight is 472 g/mol. The Kier molecular flexibility index (Phi) is 7.13. The number of primary sulfonamides is 1. The molecule has 1 aromatic rings. The van der Waals surface area contributed by atoms with E-state index in [4.69, 9.17) is 9.88 Å². The molecule has 3 atom stereocenters. The van der Waals surface area contributed by atoms with Crippen LogP contribution in [0, 0.1) is 0 Å². The molecule has 0 saturated heterocycles. The molecule has 4 N–H and O–H groups in total. The molecule has 3 rings (SSSR count). The molecule has 2 aliphatic rings. The summed E-state index contributed by atoms with van der Waals surface area (Å²) in [6.07, 6.45) is 6.69. The molecule has 176 valence electrons. The lowest BCUT2D eigenvalue weighted by Crippen LogP contribution is -2.46. The zero-order chi connectivity index (χ0) is 23.5. The van der Waals surface area contributed by atoms with Gasteiger partial charge in [-0.15, -0.1) is 0 Å². The smallest absolute Gasteiger partial charge is 0.407 e. The molecule has 0 spiro atoms. The Morgan fingerprint density at radius 3 is 2.59 bits per heavy atom. The number of nitrogens with two attached hydrogens (primary N) is 1. The first-order valence-corrected chi connectivity index (χ1v) is 11.7. The summed E-state index contributed by atoms with van der Waals surface area (Å²) in [6.45, 7) is 2.45. The third kappa shape index (κ3) is 6.22. The number of anilines is 1. The van der Waals surface area contributed by atoms with Gasteiger partial charge in [-0.1, -0.05) is 6.08 Å². The van der Waals surface area contributed by atoms with Crippen molar-refractivity contribution in [1.82, 2.24) is 15.3 Å². The molecule has 1 saturated carbocycles. The molecular weight excluding hydrogens is 444 g/mol. The van der Waals surface area contributed by atoms with Crippen molar-refractivity contribution in [1.29, 1.82) is 0 Å². The highest BCUT2D eigenvalue weighted by molar-refractivity contribution is 7.93. The fourth-order valence-corrected chi connectivity index (χ4v) is 4.19. The number of amides is 1. The van der Waals surface area contributed by atoms with Gasteiger partial charge in [0, 0.05) is 12.4 Å². The maximum Gasteiger partial charge on any atom is 0.407 e. The number of hydrogen-bond donors (Lipinski definition) is 3. The Balaban J connectivity index is 1.53. The molecule has 0 aromatic carbocycles. The number of sulfonamides is 1. The van der Waals surface area contributed by atoms with Gasteiger partial charge in [-0.3, -0.25) is 0 Å². The maximum absolute atomic E-state index is 14.2. The molecule has 0 aliphatic heterocycles. The first-order valence-electron chi connectivity index (χ1n) is 10.2. The summed E-state index contributed by atoms with van der Waals surface area (Å²) >= 11 is 0. The first kappa shape index (κ1) is 24.1. The van der Waals surface area contributed by atoms with Gasteiger partial charge in [0.1, 0.15) is 18.6 Å². The van der Waals surface area contributed by atoms with Crippen molar-refractivity contribution in [2.24, 2.45) is 5.14 Å². The Hall–Kier alpha value is -2.60. The minimum Gasteiger partial charge on any atom is -0.446 e. The summed E-state index contributed by atoms with van der Waals surface area (Å²) in [6, 6.07) is -0.789. The molecule has 1 fully saturated rings. The van der Waals surface area contributed by atoms with Crippen LogP contribution < -0.4 is 15.8 Å². The highest BCUT2D eigenvalue weighted by atomic mass is 32.2. The van der Waals surface area contributed by atoms with E-state index in [1.165, 1.54) is 6.08 Å². The van der Waals surface area contributed by atoms with E-state index in [2.05, 4.69) is 20.6 Å². The highest BCUT2D eigenvalue weighted by Crippen LogP contribution is 2.35. The van der Waals surface area contributed by atoms with Gasteiger partial charge in [-0.25, -0.2) is 37.1 Å². The molecule has 1 aromatic heterocycles. The molecule has 0 radical (unpaired) electrons. The van der Waals surface area contributed by atoms with Gasteiger partial charge in [0.15, 0.2) is 0 Å². The van der Waals surface area contributed by atoms with Gasteiger partial charge >= 0.3 is 6.09 Å². The molecule has 2 aliphatic carbocycles. The number of alkyl halides is 1. The van der Waals surface area contributed by atoms with E-state index < -0.39 is 40.2 Å². The van der Waals surface area contributed by atoms with Crippen molar-refractivity contribution in [3.63, 3.8) is 0 Å². The summed E-state index contributed by atoms with van der Waals surface area (Å²) < 4.78 is 55.1. The van der Waals surface area contributed by atoms with Gasteiger partial charge in [0.2, 0.25) is 16.0 Å². The summed E-state index contributed by atoms with van der Waals surface area (Å²) in [5, 5.41) is 10.3. The van der Waals surface area contributed by atoms with E-state index >= 15 is 0 Å². The van der Waals surface area contributed by atoms with Gasteiger partial charge in [-0.05, 0) is 57.1 Å². The number of rotatable bonds is 7. The number of nitrogens with one attached hydrogen (secondary N) is 2. The largest absolute Gasteiger partial charge is 0.446 e. The summed E-state index contributed by atoms with van der Waals surface area (Å²) in [7, 11) is -3.96. The van der Waals surface area contributed by atoms with Crippen LogP contribution in [0.4, 0.5) is 19.5 Å². The van der Waals surface area contributed by atoms with Crippen LogP contribution in [-0.2, 0) is 14.8 Å². The number of carbonyl (C=O) groups excluding carboxylic acids is 1. The number of halogens is 2. The Labute approximate surface area is 185 Å². The lowest BCUT2D eigenvalue weighted by Gasteiger charge is -2.23. The van der Waals surface area contributed by atoms with E-state index in [-0.39, 0.29) is 29.3 Å². The predicted octanol–water partition coefficient (Wildman–Crippen LogP) is 2.80. The monoisotopic (exact) mass is 471 g/mol. The number of allylic oxidation sites excluding steroid dienone is 1. The number of nitrogens with zero attached hydrogens (tertiary/aromatic N) is 2. The van der Waals surface area contributed by atoms with Crippen LogP contribution in [0.3, 0.4) is 0 Å². The van der Waals surface area contributed by atoms with Gasteiger partial charge < -0.3 is 15.4 Å². The van der Waals surface area contributed by atoms with Crippen molar-refractivity contribution >= 4 is 22.1 Å². The fraction of sp³-hybridized carbons (Fsp3) is 0.550. The maximum atomic E-state index is 14.2. The predicted molar refractivity (Wildman–Crippen MR) is 114 cm³/mol. The summed E-state index contributed by atoms with van der Waals surface area (Å²) in [5.74, 6) is -0.370. The first-order chi connectivity index (χ1) is 15.0. The Morgan fingerprint density at radius 1 is 1.31 bits per heavy atom. The van der Waals surface area contributed by atoms with E-state index in [1.807, 2.05) is 0 Å². The van der Waals surface area contributed by atoms with Crippen molar-refractivity contribution < 1.29 is 26.7 Å². The molecule has 1 amide bonds. The second-order valence-corrected chi connectivity index (χ2v) is 10.2.